The molecule has 0 radical (unpaired) electrons. The Morgan fingerprint density at radius 2 is 1.89 bits per heavy atom. The molecular weight excluding hydrogens is 224 g/mol. The normalized spacial score (nSPS) is 23.9. The third-order valence-corrected chi connectivity index (χ3v) is 4.05. The van der Waals surface area contributed by atoms with Gasteiger partial charge in [0.05, 0.1) is 0 Å². The Hall–Kier alpha value is -0.570. The van der Waals surface area contributed by atoms with Gasteiger partial charge in [0.25, 0.3) is 0 Å². The molecule has 3 heteroatoms. The van der Waals surface area contributed by atoms with E-state index in [0.717, 1.165) is 38.6 Å². The maximum Gasteiger partial charge on any atom is 0.225 e. The lowest BCUT2D eigenvalue weighted by Gasteiger charge is -2.34. The van der Waals surface area contributed by atoms with Crippen LogP contribution < -0.4 is 5.73 Å². The highest BCUT2D eigenvalue weighted by Gasteiger charge is 2.33. The molecule has 0 spiro atoms. The lowest BCUT2D eigenvalue weighted by Crippen LogP contribution is -2.44. The second-order valence-electron chi connectivity index (χ2n) is 6.12. The molecule has 2 atom stereocenters. The summed E-state index contributed by atoms with van der Waals surface area (Å²) < 4.78 is 0. The van der Waals surface area contributed by atoms with Crippen molar-refractivity contribution in [1.82, 2.24) is 4.90 Å². The van der Waals surface area contributed by atoms with Crippen LogP contribution in [-0.2, 0) is 4.79 Å². The lowest BCUT2D eigenvalue weighted by atomic mass is 10.0. The Morgan fingerprint density at radius 1 is 1.28 bits per heavy atom. The molecule has 0 bridgehead atoms. The van der Waals surface area contributed by atoms with Crippen molar-refractivity contribution in [2.75, 3.05) is 6.54 Å². The van der Waals surface area contributed by atoms with Gasteiger partial charge in [-0.15, -0.1) is 0 Å². The largest absolute Gasteiger partial charge is 0.339 e. The number of nitrogens with zero attached hydrogens (tertiary/aromatic N) is 1. The van der Waals surface area contributed by atoms with Gasteiger partial charge in [-0.1, -0.05) is 27.7 Å². The molecule has 3 nitrogen and oxygen atoms in total. The minimum atomic E-state index is 0.180. The zero-order chi connectivity index (χ0) is 13.7. The number of carbonyl (C=O) groups excluding carboxylic acids is 1. The van der Waals surface area contributed by atoms with E-state index in [2.05, 4.69) is 32.6 Å². The van der Waals surface area contributed by atoms with E-state index < -0.39 is 0 Å². The van der Waals surface area contributed by atoms with Gasteiger partial charge in [0.1, 0.15) is 0 Å². The van der Waals surface area contributed by atoms with E-state index in [1.54, 1.807) is 0 Å². The molecule has 0 aromatic heterocycles. The molecule has 0 aromatic rings. The van der Waals surface area contributed by atoms with Crippen molar-refractivity contribution in [3.63, 3.8) is 0 Å². The van der Waals surface area contributed by atoms with Crippen molar-refractivity contribution in [2.24, 2.45) is 17.6 Å². The number of rotatable bonds is 6. The highest BCUT2D eigenvalue weighted by Crippen LogP contribution is 2.28. The standard InChI is InChI=1S/C15H30N2O/c1-5-14(6-2)17(10-11(3)4)15(18)12-7-8-13(16)9-12/h11-14H,5-10,16H2,1-4H3. The van der Waals surface area contributed by atoms with Gasteiger partial charge in [0, 0.05) is 24.5 Å². The van der Waals surface area contributed by atoms with Crippen molar-refractivity contribution in [2.45, 2.75) is 71.9 Å². The number of nitrogens with two attached hydrogens (primary N) is 1. The van der Waals surface area contributed by atoms with Crippen molar-refractivity contribution in [1.29, 1.82) is 0 Å². The molecule has 2 N–H and O–H groups in total. The lowest BCUT2D eigenvalue weighted by molar-refractivity contribution is -0.138. The van der Waals surface area contributed by atoms with Gasteiger partial charge in [-0.25, -0.2) is 0 Å². The summed E-state index contributed by atoms with van der Waals surface area (Å²) in [5.41, 5.74) is 5.93. The third kappa shape index (κ3) is 3.98. The van der Waals surface area contributed by atoms with Crippen LogP contribution in [0.25, 0.3) is 0 Å². The topological polar surface area (TPSA) is 46.3 Å². The number of amides is 1. The van der Waals surface area contributed by atoms with Crippen LogP contribution in [0.3, 0.4) is 0 Å². The van der Waals surface area contributed by atoms with Crippen LogP contribution in [0.4, 0.5) is 0 Å². The Balaban J connectivity index is 2.71. The summed E-state index contributed by atoms with van der Waals surface area (Å²) in [5.74, 6) is 1.06. The predicted molar refractivity (Wildman–Crippen MR) is 76.2 cm³/mol. The van der Waals surface area contributed by atoms with E-state index in [-0.39, 0.29) is 12.0 Å². The molecule has 106 valence electrons. The maximum atomic E-state index is 12.7. The Labute approximate surface area is 112 Å². The van der Waals surface area contributed by atoms with Crippen LogP contribution in [-0.4, -0.2) is 29.4 Å². The summed E-state index contributed by atoms with van der Waals surface area (Å²) in [4.78, 5) is 14.8. The Bertz CT molecular complexity index is 261. The fourth-order valence-electron chi connectivity index (χ4n) is 3.02. The van der Waals surface area contributed by atoms with Gasteiger partial charge in [-0.3, -0.25) is 4.79 Å². The number of hydrogen-bond acceptors (Lipinski definition) is 2. The monoisotopic (exact) mass is 254 g/mol. The summed E-state index contributed by atoms with van der Waals surface area (Å²) in [6.07, 6.45) is 4.97. The van der Waals surface area contributed by atoms with Crippen LogP contribution in [0.2, 0.25) is 0 Å². The summed E-state index contributed by atoms with van der Waals surface area (Å²) >= 11 is 0. The molecule has 0 aliphatic heterocycles. The fraction of sp³-hybridized carbons (Fsp3) is 0.933. The zero-order valence-electron chi connectivity index (χ0n) is 12.5. The van der Waals surface area contributed by atoms with Crippen LogP contribution in [0.15, 0.2) is 0 Å². The first-order valence-electron chi connectivity index (χ1n) is 7.55. The van der Waals surface area contributed by atoms with E-state index in [9.17, 15) is 4.79 Å². The SMILES string of the molecule is CCC(CC)N(CC(C)C)C(=O)C1CCC(N)C1. The molecular formula is C15H30N2O. The molecule has 1 aliphatic carbocycles. The van der Waals surface area contributed by atoms with E-state index >= 15 is 0 Å². The van der Waals surface area contributed by atoms with Crippen molar-refractivity contribution in [3.05, 3.63) is 0 Å². The molecule has 18 heavy (non-hydrogen) atoms. The first kappa shape index (κ1) is 15.5. The molecule has 0 heterocycles. The average Bonchev–Trinajstić information content (AvgIpc) is 2.74. The van der Waals surface area contributed by atoms with Gasteiger partial charge in [0.15, 0.2) is 0 Å². The van der Waals surface area contributed by atoms with Crippen LogP contribution in [0, 0.1) is 11.8 Å². The molecule has 1 amide bonds. The molecule has 1 fully saturated rings. The second kappa shape index (κ2) is 7.13. The average molecular weight is 254 g/mol. The minimum absolute atomic E-state index is 0.180. The molecule has 1 saturated carbocycles. The molecule has 0 saturated heterocycles. The maximum absolute atomic E-state index is 12.7. The van der Waals surface area contributed by atoms with Gasteiger partial charge in [-0.05, 0) is 38.0 Å². The van der Waals surface area contributed by atoms with Crippen LogP contribution in [0.1, 0.15) is 59.8 Å². The van der Waals surface area contributed by atoms with Crippen molar-refractivity contribution < 1.29 is 4.79 Å². The Morgan fingerprint density at radius 3 is 2.28 bits per heavy atom. The first-order valence-corrected chi connectivity index (χ1v) is 7.55. The predicted octanol–water partition coefficient (Wildman–Crippen LogP) is 2.79. The number of hydrogen-bond donors (Lipinski definition) is 1. The van der Waals surface area contributed by atoms with Crippen molar-refractivity contribution in [3.8, 4) is 0 Å². The second-order valence-corrected chi connectivity index (χ2v) is 6.12. The van der Waals surface area contributed by atoms with E-state index in [1.165, 1.54) is 0 Å². The highest BCUT2D eigenvalue weighted by atomic mass is 16.2. The number of carbonyl (C=O) groups is 1. The first-order chi connectivity index (χ1) is 8.49. The summed E-state index contributed by atoms with van der Waals surface area (Å²) in [6.45, 7) is 9.60. The fourth-order valence-corrected chi connectivity index (χ4v) is 3.02. The molecule has 2 unspecified atom stereocenters. The summed E-state index contributed by atoms with van der Waals surface area (Å²) in [5, 5.41) is 0. The van der Waals surface area contributed by atoms with E-state index in [1.807, 2.05) is 0 Å². The Kier molecular flexibility index (Phi) is 6.13. The van der Waals surface area contributed by atoms with E-state index in [0.29, 0.717) is 17.9 Å². The summed E-state index contributed by atoms with van der Waals surface area (Å²) in [6, 6.07) is 0.637. The smallest absolute Gasteiger partial charge is 0.225 e. The zero-order valence-corrected chi connectivity index (χ0v) is 12.5. The minimum Gasteiger partial charge on any atom is -0.339 e. The van der Waals surface area contributed by atoms with Gasteiger partial charge < -0.3 is 10.6 Å². The molecule has 1 aliphatic rings. The van der Waals surface area contributed by atoms with Crippen LogP contribution in [0.5, 0.6) is 0 Å². The van der Waals surface area contributed by atoms with Crippen molar-refractivity contribution >= 4 is 5.91 Å². The molecule has 0 aromatic carbocycles. The third-order valence-electron chi connectivity index (χ3n) is 4.05. The summed E-state index contributed by atoms with van der Waals surface area (Å²) in [7, 11) is 0. The molecule has 1 rings (SSSR count). The highest BCUT2D eigenvalue weighted by molar-refractivity contribution is 5.79. The van der Waals surface area contributed by atoms with Crippen LogP contribution >= 0.6 is 0 Å². The van der Waals surface area contributed by atoms with Gasteiger partial charge in [-0.2, -0.15) is 0 Å². The van der Waals surface area contributed by atoms with Gasteiger partial charge in [0.2, 0.25) is 5.91 Å². The van der Waals surface area contributed by atoms with E-state index in [4.69, 9.17) is 5.73 Å². The van der Waals surface area contributed by atoms with Gasteiger partial charge >= 0.3 is 0 Å². The quantitative estimate of drug-likeness (QED) is 0.792.